The van der Waals surface area contributed by atoms with Crippen molar-refractivity contribution in [2.45, 2.75) is 19.2 Å². The molecule has 0 atom stereocenters. The lowest BCUT2D eigenvalue weighted by Gasteiger charge is -2.15. The molecule has 0 saturated heterocycles. The summed E-state index contributed by atoms with van der Waals surface area (Å²) in [7, 11) is 3.38. The first-order valence-electron chi connectivity index (χ1n) is 4.42. The minimum absolute atomic E-state index is 0.778. The molecule has 0 bridgehead atoms. The second-order valence-electron chi connectivity index (χ2n) is 3.17. The normalized spacial score (nSPS) is 10.1. The number of ether oxygens (including phenoxy) is 2. The van der Waals surface area contributed by atoms with E-state index in [9.17, 15) is 0 Å². The highest BCUT2D eigenvalue weighted by atomic mass is 79.9. The van der Waals surface area contributed by atoms with Crippen LogP contribution >= 0.6 is 15.9 Å². The van der Waals surface area contributed by atoms with Gasteiger partial charge in [-0.05, 0) is 31.0 Å². The first kappa shape index (κ1) is 11.4. The lowest BCUT2D eigenvalue weighted by atomic mass is 10.0. The van der Waals surface area contributed by atoms with Gasteiger partial charge in [0.2, 0.25) is 0 Å². The SMILES string of the molecule is COc1cc(C)c(OC)c(CBr)c1C. The molecular weight excluding hydrogens is 244 g/mol. The van der Waals surface area contributed by atoms with Gasteiger partial charge in [-0.15, -0.1) is 0 Å². The first-order valence-corrected chi connectivity index (χ1v) is 5.54. The number of benzene rings is 1. The van der Waals surface area contributed by atoms with Crippen molar-refractivity contribution in [2.24, 2.45) is 0 Å². The number of aryl methyl sites for hydroxylation is 1. The second-order valence-corrected chi connectivity index (χ2v) is 3.73. The van der Waals surface area contributed by atoms with E-state index in [2.05, 4.69) is 15.9 Å². The maximum Gasteiger partial charge on any atom is 0.126 e. The largest absolute Gasteiger partial charge is 0.496 e. The van der Waals surface area contributed by atoms with E-state index in [1.54, 1.807) is 14.2 Å². The van der Waals surface area contributed by atoms with Gasteiger partial charge in [-0.25, -0.2) is 0 Å². The Kier molecular flexibility index (Phi) is 3.81. The van der Waals surface area contributed by atoms with E-state index >= 15 is 0 Å². The van der Waals surface area contributed by atoms with Gasteiger partial charge >= 0.3 is 0 Å². The average Bonchev–Trinajstić information content (AvgIpc) is 2.20. The van der Waals surface area contributed by atoms with Gasteiger partial charge in [-0.1, -0.05) is 15.9 Å². The van der Waals surface area contributed by atoms with Crippen LogP contribution in [0, 0.1) is 13.8 Å². The molecule has 78 valence electrons. The summed E-state index contributed by atoms with van der Waals surface area (Å²) >= 11 is 3.46. The summed E-state index contributed by atoms with van der Waals surface area (Å²) in [5.41, 5.74) is 3.39. The van der Waals surface area contributed by atoms with E-state index in [1.165, 1.54) is 0 Å². The van der Waals surface area contributed by atoms with Crippen LogP contribution in [0.25, 0.3) is 0 Å². The molecule has 0 amide bonds. The predicted octanol–water partition coefficient (Wildman–Crippen LogP) is 3.22. The molecule has 1 rings (SSSR count). The molecule has 1 aromatic rings. The maximum absolute atomic E-state index is 5.36. The molecule has 0 aliphatic carbocycles. The van der Waals surface area contributed by atoms with E-state index in [1.807, 2.05) is 19.9 Å². The van der Waals surface area contributed by atoms with Crippen LogP contribution in [0.1, 0.15) is 16.7 Å². The van der Waals surface area contributed by atoms with Crippen molar-refractivity contribution in [2.75, 3.05) is 14.2 Å². The molecule has 1 aromatic carbocycles. The number of hydrogen-bond donors (Lipinski definition) is 0. The molecule has 0 spiro atoms. The van der Waals surface area contributed by atoms with E-state index < -0.39 is 0 Å². The minimum Gasteiger partial charge on any atom is -0.496 e. The molecular formula is C11H15BrO2. The number of methoxy groups -OCH3 is 2. The van der Waals surface area contributed by atoms with E-state index in [0.717, 1.165) is 33.5 Å². The standard InChI is InChI=1S/C11H15BrO2/c1-7-5-10(13-3)8(2)9(6-12)11(7)14-4/h5H,6H2,1-4H3. The van der Waals surface area contributed by atoms with Gasteiger partial charge in [0.05, 0.1) is 14.2 Å². The minimum atomic E-state index is 0.778. The van der Waals surface area contributed by atoms with Crippen molar-refractivity contribution >= 4 is 15.9 Å². The number of alkyl halides is 1. The molecule has 0 radical (unpaired) electrons. The van der Waals surface area contributed by atoms with Gasteiger partial charge in [-0.2, -0.15) is 0 Å². The second kappa shape index (κ2) is 4.69. The molecule has 0 heterocycles. The summed E-state index contributed by atoms with van der Waals surface area (Å²) in [4.78, 5) is 0. The van der Waals surface area contributed by atoms with Crippen LogP contribution < -0.4 is 9.47 Å². The third-order valence-electron chi connectivity index (χ3n) is 2.36. The quantitative estimate of drug-likeness (QED) is 0.776. The van der Waals surface area contributed by atoms with Crippen LogP contribution in [0.3, 0.4) is 0 Å². The average molecular weight is 259 g/mol. The molecule has 0 fully saturated rings. The lowest BCUT2D eigenvalue weighted by Crippen LogP contribution is -1.98. The topological polar surface area (TPSA) is 18.5 Å². The van der Waals surface area contributed by atoms with Gasteiger partial charge in [0.1, 0.15) is 11.5 Å². The van der Waals surface area contributed by atoms with Gasteiger partial charge in [0.15, 0.2) is 0 Å². The zero-order valence-corrected chi connectivity index (χ0v) is 10.6. The van der Waals surface area contributed by atoms with Crippen molar-refractivity contribution in [1.29, 1.82) is 0 Å². The lowest BCUT2D eigenvalue weighted by molar-refractivity contribution is 0.395. The Bertz CT molecular complexity index is 335. The zero-order chi connectivity index (χ0) is 10.7. The van der Waals surface area contributed by atoms with Crippen molar-refractivity contribution in [3.63, 3.8) is 0 Å². The summed E-state index contributed by atoms with van der Waals surface area (Å²) in [6, 6.07) is 2.00. The summed E-state index contributed by atoms with van der Waals surface area (Å²) in [5, 5.41) is 0.778. The van der Waals surface area contributed by atoms with Gasteiger partial charge in [0, 0.05) is 10.9 Å². The van der Waals surface area contributed by atoms with Crippen LogP contribution in [-0.2, 0) is 5.33 Å². The monoisotopic (exact) mass is 258 g/mol. The highest BCUT2D eigenvalue weighted by molar-refractivity contribution is 9.08. The van der Waals surface area contributed by atoms with Crippen LogP contribution in [0.4, 0.5) is 0 Å². The molecule has 3 heteroatoms. The van der Waals surface area contributed by atoms with Crippen LogP contribution in [0.15, 0.2) is 6.07 Å². The molecule has 0 aliphatic rings. The Morgan fingerprint density at radius 1 is 1.21 bits per heavy atom. The third kappa shape index (κ3) is 1.87. The molecule has 0 unspecified atom stereocenters. The fourth-order valence-corrected chi connectivity index (χ4v) is 2.26. The van der Waals surface area contributed by atoms with Crippen molar-refractivity contribution in [3.05, 3.63) is 22.8 Å². The molecule has 14 heavy (non-hydrogen) atoms. The fourth-order valence-electron chi connectivity index (χ4n) is 1.58. The van der Waals surface area contributed by atoms with E-state index in [-0.39, 0.29) is 0 Å². The Labute approximate surface area is 93.4 Å². The Balaban J connectivity index is 3.40. The molecule has 0 aliphatic heterocycles. The summed E-state index contributed by atoms with van der Waals surface area (Å²) in [5.74, 6) is 1.86. The fraction of sp³-hybridized carbons (Fsp3) is 0.455. The van der Waals surface area contributed by atoms with Crippen LogP contribution in [-0.4, -0.2) is 14.2 Å². The van der Waals surface area contributed by atoms with Crippen molar-refractivity contribution < 1.29 is 9.47 Å². The predicted molar refractivity (Wildman–Crippen MR) is 61.7 cm³/mol. The van der Waals surface area contributed by atoms with Gasteiger partial charge in [-0.3, -0.25) is 0 Å². The van der Waals surface area contributed by atoms with Crippen molar-refractivity contribution in [3.8, 4) is 11.5 Å². The number of rotatable bonds is 3. The molecule has 0 aromatic heterocycles. The van der Waals surface area contributed by atoms with Crippen LogP contribution in [0.2, 0.25) is 0 Å². The van der Waals surface area contributed by atoms with Crippen LogP contribution in [0.5, 0.6) is 11.5 Å². The first-order chi connectivity index (χ1) is 6.65. The summed E-state index contributed by atoms with van der Waals surface area (Å²) in [6.45, 7) is 4.06. The van der Waals surface area contributed by atoms with Gasteiger partial charge < -0.3 is 9.47 Å². The third-order valence-corrected chi connectivity index (χ3v) is 2.92. The molecule has 0 saturated carbocycles. The van der Waals surface area contributed by atoms with Crippen molar-refractivity contribution in [1.82, 2.24) is 0 Å². The summed E-state index contributed by atoms with van der Waals surface area (Å²) in [6.07, 6.45) is 0. The zero-order valence-electron chi connectivity index (χ0n) is 8.98. The number of hydrogen-bond acceptors (Lipinski definition) is 2. The Morgan fingerprint density at radius 3 is 2.29 bits per heavy atom. The molecule has 2 nitrogen and oxygen atoms in total. The maximum atomic E-state index is 5.36. The summed E-state index contributed by atoms with van der Waals surface area (Å²) < 4.78 is 10.7. The van der Waals surface area contributed by atoms with E-state index in [4.69, 9.17) is 9.47 Å². The number of halogens is 1. The Hall–Kier alpha value is -0.700. The van der Waals surface area contributed by atoms with Gasteiger partial charge in [0.25, 0.3) is 0 Å². The smallest absolute Gasteiger partial charge is 0.126 e. The van der Waals surface area contributed by atoms with E-state index in [0.29, 0.717) is 0 Å². The Morgan fingerprint density at radius 2 is 1.86 bits per heavy atom. The highest BCUT2D eigenvalue weighted by Gasteiger charge is 2.13. The molecule has 0 N–H and O–H groups in total. The highest BCUT2D eigenvalue weighted by Crippen LogP contribution is 2.34.